The topological polar surface area (TPSA) is 14.1 Å². The molecule has 0 aromatic rings. The van der Waals surface area contributed by atoms with Gasteiger partial charge < -0.3 is 5.32 Å². The van der Waals surface area contributed by atoms with E-state index in [9.17, 15) is 0 Å². The van der Waals surface area contributed by atoms with Gasteiger partial charge in [-0.25, -0.2) is 0 Å². The van der Waals surface area contributed by atoms with E-state index < -0.39 is 14.7 Å². The Bertz CT molecular complexity index is 40.0. The standard InChI is InChI=1S/C4H10N.3ClH.Ti/c1-3-5-4-2;;;;/h3-4H2,1-2H3;3*1H;/q-1;;;;+4/p-3. The van der Waals surface area contributed by atoms with E-state index >= 15 is 0 Å². The average molecular weight is 226 g/mol. The van der Waals surface area contributed by atoms with E-state index in [0.717, 1.165) is 13.1 Å². The van der Waals surface area contributed by atoms with Crippen LogP contribution in [0.1, 0.15) is 13.8 Å². The number of hydrogen-bond acceptors (Lipinski definition) is 0. The van der Waals surface area contributed by atoms with E-state index in [-0.39, 0.29) is 0 Å². The van der Waals surface area contributed by atoms with Crippen molar-refractivity contribution in [3.05, 3.63) is 5.32 Å². The zero-order valence-electron chi connectivity index (χ0n) is 5.50. The molecule has 0 aliphatic rings. The molecule has 0 amide bonds. The number of halogens is 3. The van der Waals surface area contributed by atoms with Crippen LogP contribution < -0.4 is 0 Å². The predicted octanol–water partition coefficient (Wildman–Crippen LogP) is 3.47. The van der Waals surface area contributed by atoms with E-state index in [1.54, 1.807) is 0 Å². The van der Waals surface area contributed by atoms with Gasteiger partial charge in [-0.15, -0.1) is 0 Å². The van der Waals surface area contributed by atoms with Gasteiger partial charge in [0.05, 0.1) is 0 Å². The summed E-state index contributed by atoms with van der Waals surface area (Å²) in [4.78, 5) is 0. The molecule has 0 spiro atoms. The van der Waals surface area contributed by atoms with Gasteiger partial charge in [-0.05, 0) is 0 Å². The van der Waals surface area contributed by atoms with Crippen LogP contribution in [0.4, 0.5) is 0 Å². The monoisotopic (exact) mass is 225 g/mol. The van der Waals surface area contributed by atoms with Crippen molar-refractivity contribution in [2.24, 2.45) is 0 Å². The number of nitrogens with zero attached hydrogens (tertiary/aromatic N) is 1. The van der Waals surface area contributed by atoms with Crippen LogP contribution in [0.5, 0.6) is 0 Å². The molecule has 0 atom stereocenters. The van der Waals surface area contributed by atoms with E-state index in [1.807, 2.05) is 13.8 Å². The van der Waals surface area contributed by atoms with Crippen LogP contribution in [-0.2, 0) is 14.7 Å². The van der Waals surface area contributed by atoms with Crippen LogP contribution in [0.3, 0.4) is 0 Å². The first-order valence-corrected chi connectivity index (χ1v) is 9.06. The van der Waals surface area contributed by atoms with Crippen LogP contribution in [-0.4, -0.2) is 13.1 Å². The molecule has 0 fully saturated rings. The summed E-state index contributed by atoms with van der Waals surface area (Å²) in [6.07, 6.45) is 0. The Kier molecular flexibility index (Phi) is 17.9. The Labute approximate surface area is 74.5 Å². The first-order valence-electron chi connectivity index (χ1n) is 2.61. The van der Waals surface area contributed by atoms with Gasteiger partial charge in [0, 0.05) is 0 Å². The van der Waals surface area contributed by atoms with Gasteiger partial charge >= 0.3 is 42.6 Å². The second-order valence-corrected chi connectivity index (χ2v) is 8.81. The molecule has 9 heavy (non-hydrogen) atoms. The van der Waals surface area contributed by atoms with Crippen LogP contribution in [0.2, 0.25) is 0 Å². The normalized spacial score (nSPS) is 7.67. The molecular formula is C4H10Cl3NTi. The third-order valence-corrected chi connectivity index (χ3v) is 0.447. The van der Waals surface area contributed by atoms with Crippen molar-refractivity contribution in [2.75, 3.05) is 13.1 Å². The Morgan fingerprint density at radius 1 is 1.11 bits per heavy atom. The summed E-state index contributed by atoms with van der Waals surface area (Å²) in [7, 11) is 14.9. The average Bonchev–Trinajstić information content (AvgIpc) is 1.66. The van der Waals surface area contributed by atoms with Crippen molar-refractivity contribution < 1.29 is 14.7 Å². The maximum absolute atomic E-state index is 4.97. The molecule has 0 radical (unpaired) electrons. The van der Waals surface area contributed by atoms with E-state index in [1.165, 1.54) is 0 Å². The summed E-state index contributed by atoms with van der Waals surface area (Å²) < 4.78 is 0. The van der Waals surface area contributed by atoms with Gasteiger partial charge in [0.25, 0.3) is 0 Å². The van der Waals surface area contributed by atoms with Gasteiger partial charge in [0.15, 0.2) is 0 Å². The summed E-state index contributed by atoms with van der Waals surface area (Å²) in [5.41, 5.74) is 0. The van der Waals surface area contributed by atoms with E-state index in [4.69, 9.17) is 27.9 Å². The summed E-state index contributed by atoms with van der Waals surface area (Å²) in [5, 5.41) is 3.97. The SMILES string of the molecule is CC[N-]CC.[Cl][Ti+]([Cl])[Cl]. The molecule has 56 valence electrons. The van der Waals surface area contributed by atoms with Crippen LogP contribution in [0.15, 0.2) is 0 Å². The first kappa shape index (κ1) is 13.2. The van der Waals surface area contributed by atoms with Crippen molar-refractivity contribution in [1.82, 2.24) is 0 Å². The molecular weight excluding hydrogens is 216 g/mol. The summed E-state index contributed by atoms with van der Waals surface area (Å²) >= 11 is -1.92. The molecule has 0 aliphatic heterocycles. The molecule has 5 heteroatoms. The van der Waals surface area contributed by atoms with E-state index in [0.29, 0.717) is 0 Å². The fraction of sp³-hybridized carbons (Fsp3) is 1.00. The second kappa shape index (κ2) is 12.2. The van der Waals surface area contributed by atoms with Gasteiger partial charge in [-0.3, -0.25) is 0 Å². The predicted molar refractivity (Wildman–Crippen MR) is 42.0 cm³/mol. The molecule has 0 unspecified atom stereocenters. The minimum absolute atomic E-state index is 0.969. The second-order valence-electron chi connectivity index (χ2n) is 1.07. The third-order valence-electron chi connectivity index (χ3n) is 0.447. The van der Waals surface area contributed by atoms with Gasteiger partial charge in [0.2, 0.25) is 0 Å². The van der Waals surface area contributed by atoms with Crippen molar-refractivity contribution in [3.63, 3.8) is 0 Å². The first-order chi connectivity index (χ1) is 4.15. The van der Waals surface area contributed by atoms with Crippen molar-refractivity contribution >= 4 is 27.9 Å². The van der Waals surface area contributed by atoms with Crippen LogP contribution in [0.25, 0.3) is 5.32 Å². The molecule has 0 N–H and O–H groups in total. The van der Waals surface area contributed by atoms with Gasteiger partial charge in [-0.2, -0.15) is 13.1 Å². The number of hydrogen-bond donors (Lipinski definition) is 0. The molecule has 0 aliphatic carbocycles. The van der Waals surface area contributed by atoms with Crippen LogP contribution in [0, 0.1) is 0 Å². The molecule has 0 saturated heterocycles. The quantitative estimate of drug-likeness (QED) is 0.640. The zero-order valence-corrected chi connectivity index (χ0v) is 9.32. The van der Waals surface area contributed by atoms with Crippen molar-refractivity contribution in [2.45, 2.75) is 13.8 Å². The summed E-state index contributed by atoms with van der Waals surface area (Å²) in [6, 6.07) is 0. The molecule has 1 nitrogen and oxygen atoms in total. The molecule has 0 saturated carbocycles. The molecule has 0 heterocycles. The van der Waals surface area contributed by atoms with Gasteiger partial charge in [-0.1, -0.05) is 13.8 Å². The molecule has 0 bridgehead atoms. The Morgan fingerprint density at radius 2 is 1.33 bits per heavy atom. The minimum atomic E-state index is -1.92. The summed E-state index contributed by atoms with van der Waals surface area (Å²) in [6.45, 7) is 6.03. The van der Waals surface area contributed by atoms with Crippen LogP contribution >= 0.6 is 27.9 Å². The molecule has 0 aromatic carbocycles. The zero-order chi connectivity index (χ0) is 7.70. The van der Waals surface area contributed by atoms with Crippen molar-refractivity contribution in [1.29, 1.82) is 0 Å². The third kappa shape index (κ3) is 43.2. The van der Waals surface area contributed by atoms with Gasteiger partial charge in [0.1, 0.15) is 0 Å². The maximum atomic E-state index is 4.97. The fourth-order valence-electron chi connectivity index (χ4n) is 0.224. The Balaban J connectivity index is 0. The summed E-state index contributed by atoms with van der Waals surface area (Å²) in [5.74, 6) is 0. The fourth-order valence-corrected chi connectivity index (χ4v) is 0.224. The molecule has 0 aromatic heterocycles. The van der Waals surface area contributed by atoms with Crippen molar-refractivity contribution in [3.8, 4) is 0 Å². The molecule has 0 rings (SSSR count). The number of rotatable bonds is 2. The Hall–Kier alpha value is 1.54. The Morgan fingerprint density at radius 3 is 1.33 bits per heavy atom. The van der Waals surface area contributed by atoms with E-state index in [2.05, 4.69) is 5.32 Å².